The van der Waals surface area contributed by atoms with Gasteiger partial charge in [-0.05, 0) is 56.4 Å². The standard InChI is InChI=1S/C22H25F3N4O3/c1-13-16-6-4-10-29(15-5-3-9-28(12-15)21(31)32-2)20(16)27-26-19(13)17-8-7-14(11-18(17)30)22(23,24)25/h7-8,11,15,30H,3-6,9-10,12H2,1-2H3/t15-/m1/s1. The quantitative estimate of drug-likeness (QED) is 0.740. The van der Waals surface area contributed by atoms with Crippen molar-refractivity contribution in [2.24, 2.45) is 0 Å². The largest absolute Gasteiger partial charge is 0.507 e. The van der Waals surface area contributed by atoms with E-state index < -0.39 is 17.5 Å². The molecule has 3 heterocycles. The molecule has 1 N–H and O–H groups in total. The van der Waals surface area contributed by atoms with Gasteiger partial charge in [0.05, 0.1) is 18.4 Å². The van der Waals surface area contributed by atoms with Crippen LogP contribution in [0.15, 0.2) is 18.2 Å². The number of amides is 1. The molecule has 1 aromatic carbocycles. The number of phenols is 1. The molecule has 7 nitrogen and oxygen atoms in total. The minimum Gasteiger partial charge on any atom is -0.507 e. The lowest BCUT2D eigenvalue weighted by Gasteiger charge is -2.41. The van der Waals surface area contributed by atoms with Crippen LogP contribution >= 0.6 is 0 Å². The summed E-state index contributed by atoms with van der Waals surface area (Å²) in [4.78, 5) is 15.8. The number of methoxy groups -OCH3 is 1. The maximum Gasteiger partial charge on any atom is 0.416 e. The predicted molar refractivity (Wildman–Crippen MR) is 112 cm³/mol. The number of hydrogen-bond acceptors (Lipinski definition) is 6. The van der Waals surface area contributed by atoms with Crippen LogP contribution in [0.2, 0.25) is 0 Å². The van der Waals surface area contributed by atoms with E-state index in [9.17, 15) is 23.1 Å². The van der Waals surface area contributed by atoms with Gasteiger partial charge in [0.15, 0.2) is 5.82 Å². The first kappa shape index (κ1) is 22.2. The number of nitrogens with zero attached hydrogens (tertiary/aromatic N) is 4. The number of carbonyl (C=O) groups excluding carboxylic acids is 1. The van der Waals surface area contributed by atoms with Crippen molar-refractivity contribution in [3.8, 4) is 17.0 Å². The number of fused-ring (bicyclic) bond motifs is 1. The lowest BCUT2D eigenvalue weighted by atomic mass is 9.94. The first-order chi connectivity index (χ1) is 15.2. The van der Waals surface area contributed by atoms with Gasteiger partial charge in [0, 0.05) is 36.8 Å². The van der Waals surface area contributed by atoms with Crippen molar-refractivity contribution < 1.29 is 27.8 Å². The van der Waals surface area contributed by atoms with E-state index in [0.717, 1.165) is 55.2 Å². The second kappa shape index (κ2) is 8.48. The molecule has 0 aliphatic carbocycles. The third kappa shape index (κ3) is 4.05. The minimum absolute atomic E-state index is 0.0842. The Labute approximate surface area is 183 Å². The lowest BCUT2D eigenvalue weighted by molar-refractivity contribution is -0.137. The Balaban J connectivity index is 1.66. The summed E-state index contributed by atoms with van der Waals surface area (Å²) >= 11 is 0. The van der Waals surface area contributed by atoms with Crippen molar-refractivity contribution in [3.63, 3.8) is 0 Å². The average molecular weight is 450 g/mol. The Kier molecular flexibility index (Phi) is 5.87. The number of rotatable bonds is 2. The highest BCUT2D eigenvalue weighted by Crippen LogP contribution is 2.39. The molecular weight excluding hydrogens is 425 g/mol. The van der Waals surface area contributed by atoms with Crippen LogP contribution in [0.4, 0.5) is 23.8 Å². The highest BCUT2D eigenvalue weighted by atomic mass is 19.4. The van der Waals surface area contributed by atoms with Gasteiger partial charge in [0.25, 0.3) is 0 Å². The van der Waals surface area contributed by atoms with E-state index in [0.29, 0.717) is 24.8 Å². The van der Waals surface area contributed by atoms with Gasteiger partial charge >= 0.3 is 12.3 Å². The molecule has 0 radical (unpaired) electrons. The van der Waals surface area contributed by atoms with Crippen LogP contribution < -0.4 is 4.90 Å². The van der Waals surface area contributed by atoms with Crippen molar-refractivity contribution >= 4 is 11.9 Å². The number of aromatic hydroxyl groups is 1. The summed E-state index contributed by atoms with van der Waals surface area (Å²) < 4.78 is 43.7. The molecule has 4 rings (SSSR count). The average Bonchev–Trinajstić information content (AvgIpc) is 2.78. The fourth-order valence-electron chi connectivity index (χ4n) is 4.63. The third-order valence-electron chi connectivity index (χ3n) is 6.27. The molecule has 1 fully saturated rings. The SMILES string of the molecule is COC(=O)N1CCC[C@@H](N2CCCc3c2nnc(-c2ccc(C(F)(F)F)cc2O)c3C)C1. The van der Waals surface area contributed by atoms with E-state index in [1.807, 2.05) is 6.92 Å². The molecule has 2 aliphatic heterocycles. The molecule has 10 heteroatoms. The number of likely N-dealkylation sites (tertiary alicyclic amines) is 1. The first-order valence-corrected chi connectivity index (χ1v) is 10.6. The molecule has 1 saturated heterocycles. The van der Waals surface area contributed by atoms with Gasteiger partial charge in [-0.2, -0.15) is 13.2 Å². The van der Waals surface area contributed by atoms with Crippen LogP contribution in [0.1, 0.15) is 36.0 Å². The van der Waals surface area contributed by atoms with Crippen LogP contribution in [0.3, 0.4) is 0 Å². The van der Waals surface area contributed by atoms with E-state index in [2.05, 4.69) is 15.1 Å². The molecular formula is C22H25F3N4O3. The van der Waals surface area contributed by atoms with Crippen LogP contribution in [0, 0.1) is 6.92 Å². The third-order valence-corrected chi connectivity index (χ3v) is 6.27. The summed E-state index contributed by atoms with van der Waals surface area (Å²) in [5.41, 5.74) is 1.43. The van der Waals surface area contributed by atoms with Gasteiger partial charge in [-0.3, -0.25) is 0 Å². The monoisotopic (exact) mass is 450 g/mol. The maximum absolute atomic E-state index is 12.9. The van der Waals surface area contributed by atoms with Gasteiger partial charge in [0.2, 0.25) is 0 Å². The van der Waals surface area contributed by atoms with Gasteiger partial charge in [0.1, 0.15) is 5.75 Å². The number of anilines is 1. The maximum atomic E-state index is 12.9. The zero-order valence-corrected chi connectivity index (χ0v) is 17.9. The van der Waals surface area contributed by atoms with Crippen molar-refractivity contribution in [1.82, 2.24) is 15.1 Å². The van der Waals surface area contributed by atoms with Crippen LogP contribution in [0.5, 0.6) is 5.75 Å². The minimum atomic E-state index is -4.54. The Hall–Kier alpha value is -3.04. The Morgan fingerprint density at radius 2 is 2.00 bits per heavy atom. The second-order valence-electron chi connectivity index (χ2n) is 8.21. The number of ether oxygens (including phenoxy) is 1. The Morgan fingerprint density at radius 3 is 2.69 bits per heavy atom. The first-order valence-electron chi connectivity index (χ1n) is 10.6. The van der Waals surface area contributed by atoms with E-state index in [4.69, 9.17) is 4.74 Å². The van der Waals surface area contributed by atoms with Crippen LogP contribution in [-0.2, 0) is 17.3 Å². The van der Waals surface area contributed by atoms with E-state index >= 15 is 0 Å². The number of carbonyl (C=O) groups is 1. The number of aromatic nitrogens is 2. The van der Waals surface area contributed by atoms with Crippen LogP contribution in [0.25, 0.3) is 11.3 Å². The molecule has 2 aromatic rings. The molecule has 0 bridgehead atoms. The number of phenolic OH excluding ortho intramolecular Hbond substituents is 1. The smallest absolute Gasteiger partial charge is 0.416 e. The summed E-state index contributed by atoms with van der Waals surface area (Å²) in [7, 11) is 1.37. The van der Waals surface area contributed by atoms with E-state index in [1.54, 1.807) is 4.90 Å². The molecule has 0 saturated carbocycles. The summed E-state index contributed by atoms with van der Waals surface area (Å²) in [6, 6.07) is 2.97. The fourth-order valence-corrected chi connectivity index (χ4v) is 4.63. The molecule has 1 amide bonds. The van der Waals surface area contributed by atoms with E-state index in [1.165, 1.54) is 13.2 Å². The highest BCUT2D eigenvalue weighted by Gasteiger charge is 2.34. The number of alkyl halides is 3. The molecule has 0 unspecified atom stereocenters. The molecule has 1 atom stereocenters. The zero-order valence-electron chi connectivity index (χ0n) is 17.9. The van der Waals surface area contributed by atoms with Crippen molar-refractivity contribution in [2.45, 2.75) is 44.8 Å². The van der Waals surface area contributed by atoms with Gasteiger partial charge in [-0.1, -0.05) is 0 Å². The topological polar surface area (TPSA) is 78.8 Å². The number of piperidine rings is 1. The Bertz CT molecular complexity index is 1030. The fraction of sp³-hybridized carbons (Fsp3) is 0.500. The number of benzene rings is 1. The van der Waals surface area contributed by atoms with Gasteiger partial charge in [-0.15, -0.1) is 10.2 Å². The lowest BCUT2D eigenvalue weighted by Crippen LogP contribution is -2.51. The van der Waals surface area contributed by atoms with E-state index in [-0.39, 0.29) is 17.7 Å². The summed E-state index contributed by atoms with van der Waals surface area (Å²) in [6.45, 7) is 3.83. The normalized spacial score (nSPS) is 19.0. The van der Waals surface area contributed by atoms with Crippen molar-refractivity contribution in [3.05, 3.63) is 34.9 Å². The molecule has 2 aliphatic rings. The number of halogens is 3. The molecule has 172 valence electrons. The highest BCUT2D eigenvalue weighted by molar-refractivity contribution is 5.73. The van der Waals surface area contributed by atoms with Crippen LogP contribution in [-0.4, -0.2) is 59.1 Å². The summed E-state index contributed by atoms with van der Waals surface area (Å²) in [6.07, 6.45) is -1.47. The zero-order chi connectivity index (χ0) is 23.0. The number of hydrogen-bond donors (Lipinski definition) is 1. The summed E-state index contributed by atoms with van der Waals surface area (Å²) in [5, 5.41) is 19.0. The molecule has 0 spiro atoms. The summed E-state index contributed by atoms with van der Waals surface area (Å²) in [5.74, 6) is 0.256. The molecule has 1 aromatic heterocycles. The Morgan fingerprint density at radius 1 is 1.22 bits per heavy atom. The van der Waals surface area contributed by atoms with Gasteiger partial charge < -0.3 is 19.6 Å². The van der Waals surface area contributed by atoms with Crippen molar-refractivity contribution in [2.75, 3.05) is 31.6 Å². The molecule has 32 heavy (non-hydrogen) atoms. The second-order valence-corrected chi connectivity index (χ2v) is 8.21. The van der Waals surface area contributed by atoms with Gasteiger partial charge in [-0.25, -0.2) is 4.79 Å². The van der Waals surface area contributed by atoms with Crippen molar-refractivity contribution in [1.29, 1.82) is 0 Å². The predicted octanol–water partition coefficient (Wildman–Crippen LogP) is 4.16.